The van der Waals surface area contributed by atoms with Gasteiger partial charge in [-0.25, -0.2) is 0 Å². The van der Waals surface area contributed by atoms with Gasteiger partial charge in [0.05, 0.1) is 29.0 Å². The Morgan fingerprint density at radius 2 is 0.875 bits per heavy atom. The molecule has 0 atom stereocenters. The topological polar surface area (TPSA) is 50.2 Å². The minimum atomic E-state index is 0.741. The van der Waals surface area contributed by atoms with Gasteiger partial charge >= 0.3 is 0 Å². The highest BCUT2D eigenvalue weighted by Crippen LogP contribution is 2.44. The molecule has 224 valence electrons. The van der Waals surface area contributed by atoms with Crippen LogP contribution >= 0.6 is 0 Å². The molecule has 9 aromatic rings. The molecule has 1 N–H and O–H groups in total. The van der Waals surface area contributed by atoms with E-state index in [0.717, 1.165) is 39.7 Å². The van der Waals surface area contributed by atoms with Crippen molar-refractivity contribution in [3.05, 3.63) is 146 Å². The number of hydrogen-bond acceptors (Lipinski definition) is 4. The third-order valence-electron chi connectivity index (χ3n) is 9.76. The minimum Gasteiger partial charge on any atom is -0.378 e. The van der Waals surface area contributed by atoms with Crippen LogP contribution in [0.1, 0.15) is 0 Å². The fourth-order valence-electron chi connectivity index (χ4n) is 7.52. The number of nitrogens with one attached hydrogen (secondary N) is 1. The van der Waals surface area contributed by atoms with Gasteiger partial charge in [-0.2, -0.15) is 0 Å². The summed E-state index contributed by atoms with van der Waals surface area (Å²) in [5.74, 6) is 0. The summed E-state index contributed by atoms with van der Waals surface area (Å²) in [5, 5.41) is 13.1. The van der Waals surface area contributed by atoms with Gasteiger partial charge in [0.25, 0.3) is 0 Å². The lowest BCUT2D eigenvalue weighted by Crippen LogP contribution is -2.07. The molecule has 0 radical (unpaired) electrons. The molecule has 0 unspecified atom stereocenters. The molecule has 0 aliphatic carbocycles. The summed E-state index contributed by atoms with van der Waals surface area (Å²) in [6.45, 7) is 0.741. The van der Waals surface area contributed by atoms with Crippen molar-refractivity contribution in [2.75, 3.05) is 11.9 Å². The second kappa shape index (κ2) is 10.6. The van der Waals surface area contributed by atoms with Crippen LogP contribution in [0.25, 0.3) is 87.5 Å². The summed E-state index contributed by atoms with van der Waals surface area (Å²) in [7, 11) is 0. The normalized spacial score (nSPS) is 12.6. The van der Waals surface area contributed by atoms with Gasteiger partial charge in [-0.15, -0.1) is 0 Å². The fourth-order valence-corrected chi connectivity index (χ4v) is 7.52. The number of hydrogen-bond donors (Lipinski definition) is 1. The Morgan fingerprint density at radius 3 is 1.50 bits per heavy atom. The molecule has 2 heterocycles. The summed E-state index contributed by atoms with van der Waals surface area (Å²) in [6.07, 6.45) is 5.51. The van der Waals surface area contributed by atoms with E-state index in [-0.39, 0.29) is 0 Å². The van der Waals surface area contributed by atoms with Gasteiger partial charge < -0.3 is 5.32 Å². The van der Waals surface area contributed by atoms with E-state index in [1.54, 1.807) is 12.4 Å². The van der Waals surface area contributed by atoms with Crippen molar-refractivity contribution in [3.63, 3.8) is 0 Å². The molecule has 1 aliphatic heterocycles. The Kier molecular flexibility index (Phi) is 5.90. The van der Waals surface area contributed by atoms with Crippen molar-refractivity contribution in [1.29, 1.82) is 0 Å². The van der Waals surface area contributed by atoms with E-state index in [1.807, 2.05) is 6.21 Å². The highest BCUT2D eigenvalue weighted by Gasteiger charge is 2.17. The van der Waals surface area contributed by atoms with Crippen LogP contribution in [0.5, 0.6) is 0 Å². The molecule has 4 heteroatoms. The smallest absolute Gasteiger partial charge is 0.0971 e. The summed E-state index contributed by atoms with van der Waals surface area (Å²) in [5.41, 5.74) is 11.1. The monoisotopic (exact) mass is 612 g/mol. The lowest BCUT2D eigenvalue weighted by molar-refractivity contribution is 1.31. The summed E-state index contributed by atoms with van der Waals surface area (Å²) >= 11 is 0. The second-order valence-electron chi connectivity index (χ2n) is 12.4. The number of rotatable bonds is 3. The molecular formula is C44H28N4. The Hall–Kier alpha value is -6.39. The first-order valence-corrected chi connectivity index (χ1v) is 16.3. The van der Waals surface area contributed by atoms with Crippen molar-refractivity contribution in [2.45, 2.75) is 0 Å². The van der Waals surface area contributed by atoms with Gasteiger partial charge in [-0.05, 0) is 79.2 Å². The van der Waals surface area contributed by atoms with E-state index in [2.05, 4.69) is 144 Å². The number of nitrogens with zero attached hydrogens (tertiary/aromatic N) is 3. The molecule has 8 aromatic carbocycles. The van der Waals surface area contributed by atoms with E-state index < -0.39 is 0 Å². The van der Waals surface area contributed by atoms with Gasteiger partial charge in [0.15, 0.2) is 0 Å². The molecule has 0 bridgehead atoms. The van der Waals surface area contributed by atoms with E-state index in [1.165, 1.54) is 65.7 Å². The molecule has 0 fully saturated rings. The predicted molar refractivity (Wildman–Crippen MR) is 203 cm³/mol. The van der Waals surface area contributed by atoms with Crippen molar-refractivity contribution < 1.29 is 0 Å². The van der Waals surface area contributed by atoms with Gasteiger partial charge in [-0.3, -0.25) is 15.0 Å². The summed E-state index contributed by atoms with van der Waals surface area (Å²) < 4.78 is 0. The van der Waals surface area contributed by atoms with E-state index >= 15 is 0 Å². The van der Waals surface area contributed by atoms with Crippen LogP contribution in [0, 0.1) is 0 Å². The first-order valence-electron chi connectivity index (χ1n) is 16.3. The van der Waals surface area contributed by atoms with Gasteiger partial charge in [0, 0.05) is 40.2 Å². The van der Waals surface area contributed by atoms with Crippen molar-refractivity contribution in [3.8, 4) is 33.4 Å². The van der Waals surface area contributed by atoms with Crippen LogP contribution in [-0.2, 0) is 0 Å². The first-order chi connectivity index (χ1) is 23.8. The van der Waals surface area contributed by atoms with Crippen LogP contribution in [0.2, 0.25) is 0 Å². The molecule has 0 saturated heterocycles. The Morgan fingerprint density at radius 1 is 0.396 bits per heavy atom. The molecule has 0 amide bonds. The highest BCUT2D eigenvalue weighted by molar-refractivity contribution is 6.24. The van der Waals surface area contributed by atoms with E-state index in [9.17, 15) is 0 Å². The number of fused-ring (bicyclic) bond motifs is 12. The maximum absolute atomic E-state index is 4.77. The zero-order chi connectivity index (χ0) is 31.6. The molecule has 4 nitrogen and oxygen atoms in total. The minimum absolute atomic E-state index is 0.741. The van der Waals surface area contributed by atoms with Crippen LogP contribution in [0.3, 0.4) is 0 Å². The molecule has 48 heavy (non-hydrogen) atoms. The molecule has 1 aromatic heterocycles. The van der Waals surface area contributed by atoms with Crippen molar-refractivity contribution in [1.82, 2.24) is 9.97 Å². The molecular weight excluding hydrogens is 585 g/mol. The van der Waals surface area contributed by atoms with Crippen LogP contribution in [0.4, 0.5) is 11.4 Å². The summed E-state index contributed by atoms with van der Waals surface area (Å²) in [6, 6.07) is 48.4. The van der Waals surface area contributed by atoms with Gasteiger partial charge in [0.2, 0.25) is 0 Å². The third kappa shape index (κ3) is 4.13. The zero-order valence-corrected chi connectivity index (χ0v) is 26.0. The third-order valence-corrected chi connectivity index (χ3v) is 9.76. The highest BCUT2D eigenvalue weighted by atomic mass is 15.0. The van der Waals surface area contributed by atoms with Gasteiger partial charge in [-0.1, -0.05) is 109 Å². The van der Waals surface area contributed by atoms with Gasteiger partial charge in [0.1, 0.15) is 0 Å². The average Bonchev–Trinajstić information content (AvgIpc) is 3.18. The Bertz CT molecular complexity index is 2760. The number of aliphatic imine (C=N–C) groups is 1. The lowest BCUT2D eigenvalue weighted by atomic mass is 9.92. The quantitative estimate of drug-likeness (QED) is 0.202. The standard InChI is InChI=1S/C44H28N4/c1-3-13-35-33(11-1)39-25-31(15-17-37(39)43-41(35)45-19-21-47-43)29-9-5-7-27(23-29)28-8-6-10-30(24-28)32-16-18-38-40(26-32)34-12-2-4-14-36(34)42-44(38)48-22-20-46-42/h1-21,23-26,48H,22H2. The largest absolute Gasteiger partial charge is 0.378 e. The van der Waals surface area contributed by atoms with E-state index in [0.29, 0.717) is 0 Å². The van der Waals surface area contributed by atoms with E-state index in [4.69, 9.17) is 9.98 Å². The number of anilines is 1. The number of aromatic nitrogens is 2. The van der Waals surface area contributed by atoms with Crippen molar-refractivity contribution >= 4 is 71.7 Å². The number of benzene rings is 8. The first kappa shape index (κ1) is 26.8. The van der Waals surface area contributed by atoms with Crippen molar-refractivity contribution in [2.24, 2.45) is 4.99 Å². The maximum Gasteiger partial charge on any atom is 0.0971 e. The van der Waals surface area contributed by atoms with Crippen LogP contribution in [-0.4, -0.2) is 22.7 Å². The molecule has 1 aliphatic rings. The Labute approximate surface area is 277 Å². The zero-order valence-electron chi connectivity index (χ0n) is 26.0. The molecule has 0 spiro atoms. The average molecular weight is 613 g/mol. The molecule has 10 rings (SSSR count). The van der Waals surface area contributed by atoms with Crippen LogP contribution in [0.15, 0.2) is 151 Å². The molecule has 0 saturated carbocycles. The lowest BCUT2D eigenvalue weighted by Gasteiger charge is -2.19. The SMILES string of the molecule is C1=Nc2c(c3ccc(-c4cccc(-c5cccc(-c6ccc7c(c6)c6ccccc6c6nccnc76)c5)c4)cc3c3ccccc23)NC1. The second-order valence-corrected chi connectivity index (χ2v) is 12.4. The van der Waals surface area contributed by atoms with Crippen LogP contribution < -0.4 is 5.32 Å². The Balaban J connectivity index is 1.07. The fraction of sp³-hybridized carbons (Fsp3) is 0.0227. The maximum atomic E-state index is 4.77. The predicted octanol–water partition coefficient (Wildman–Crippen LogP) is 11.4. The summed E-state index contributed by atoms with van der Waals surface area (Å²) in [4.78, 5) is 14.2.